The molecule has 2 aromatic rings. The first-order valence-corrected chi connectivity index (χ1v) is 6.16. The Bertz CT molecular complexity index is 659. The van der Waals surface area contributed by atoms with E-state index in [1.165, 1.54) is 0 Å². The predicted octanol–water partition coefficient (Wildman–Crippen LogP) is 2.00. The van der Waals surface area contributed by atoms with Crippen molar-refractivity contribution < 1.29 is 14.7 Å². The fraction of sp³-hybridized carbons (Fsp3) is 0.200. The van der Waals surface area contributed by atoms with Gasteiger partial charge >= 0.3 is 5.97 Å². The number of carboxylic acid groups (broad SMARTS) is 1. The van der Waals surface area contributed by atoms with Gasteiger partial charge in [-0.1, -0.05) is 30.3 Å². The quantitative estimate of drug-likeness (QED) is 0.892. The van der Waals surface area contributed by atoms with Crippen molar-refractivity contribution in [2.75, 3.05) is 13.1 Å². The molecule has 1 saturated heterocycles. The summed E-state index contributed by atoms with van der Waals surface area (Å²) in [5.41, 5.74) is 0.613. The highest BCUT2D eigenvalue weighted by atomic mass is 16.4. The van der Waals surface area contributed by atoms with Crippen molar-refractivity contribution in [1.29, 1.82) is 0 Å². The third kappa shape index (κ3) is 2.05. The number of aliphatic carboxylic acids is 1. The summed E-state index contributed by atoms with van der Waals surface area (Å²) in [6.07, 6.45) is 0. The van der Waals surface area contributed by atoms with Crippen LogP contribution >= 0.6 is 0 Å². The zero-order chi connectivity index (χ0) is 13.4. The fourth-order valence-corrected chi connectivity index (χ4v) is 2.31. The zero-order valence-corrected chi connectivity index (χ0v) is 10.2. The minimum absolute atomic E-state index is 0.0942. The third-order valence-corrected chi connectivity index (χ3v) is 3.51. The Morgan fingerprint density at radius 1 is 1.05 bits per heavy atom. The van der Waals surface area contributed by atoms with Gasteiger partial charge in [0.05, 0.1) is 5.92 Å². The molecule has 1 aliphatic rings. The highest BCUT2D eigenvalue weighted by molar-refractivity contribution is 5.99. The number of hydrogen-bond acceptors (Lipinski definition) is 2. The molecule has 0 unspecified atom stereocenters. The number of rotatable bonds is 2. The Hall–Kier alpha value is -2.36. The number of carbonyl (C=O) groups is 2. The number of carboxylic acids is 1. The minimum Gasteiger partial charge on any atom is -0.481 e. The van der Waals surface area contributed by atoms with Crippen molar-refractivity contribution >= 4 is 22.6 Å². The lowest BCUT2D eigenvalue weighted by Crippen LogP contribution is -2.53. The summed E-state index contributed by atoms with van der Waals surface area (Å²) in [5, 5.41) is 10.9. The second-order valence-electron chi connectivity index (χ2n) is 4.81. The molecule has 1 heterocycles. The Labute approximate surface area is 110 Å². The van der Waals surface area contributed by atoms with E-state index >= 15 is 0 Å². The van der Waals surface area contributed by atoms with E-state index in [4.69, 9.17) is 5.11 Å². The summed E-state index contributed by atoms with van der Waals surface area (Å²) in [5.74, 6) is -1.34. The molecule has 96 valence electrons. The Kier molecular flexibility index (Phi) is 2.71. The smallest absolute Gasteiger partial charge is 0.310 e. The number of amides is 1. The van der Waals surface area contributed by atoms with Crippen LogP contribution in [0.5, 0.6) is 0 Å². The van der Waals surface area contributed by atoms with Crippen molar-refractivity contribution in [3.05, 3.63) is 48.0 Å². The van der Waals surface area contributed by atoms with Gasteiger partial charge in [0, 0.05) is 18.7 Å². The van der Waals surface area contributed by atoms with Gasteiger partial charge in [-0.3, -0.25) is 9.59 Å². The summed E-state index contributed by atoms with van der Waals surface area (Å²) in [4.78, 5) is 24.5. The van der Waals surface area contributed by atoms with Crippen LogP contribution in [0.3, 0.4) is 0 Å². The molecule has 3 rings (SSSR count). The largest absolute Gasteiger partial charge is 0.481 e. The molecule has 0 aliphatic carbocycles. The Morgan fingerprint density at radius 3 is 2.42 bits per heavy atom. The van der Waals surface area contributed by atoms with Crippen molar-refractivity contribution in [2.45, 2.75) is 0 Å². The van der Waals surface area contributed by atoms with Crippen LogP contribution in [0, 0.1) is 5.92 Å². The van der Waals surface area contributed by atoms with E-state index in [-0.39, 0.29) is 5.91 Å². The molecular weight excluding hydrogens is 242 g/mol. The summed E-state index contributed by atoms with van der Waals surface area (Å²) in [6, 6.07) is 13.4. The first kappa shape index (κ1) is 11.7. The molecule has 0 aromatic heterocycles. The second kappa shape index (κ2) is 4.39. The first-order valence-electron chi connectivity index (χ1n) is 6.16. The molecule has 4 heteroatoms. The summed E-state index contributed by atoms with van der Waals surface area (Å²) >= 11 is 0. The van der Waals surface area contributed by atoms with Gasteiger partial charge in [0.2, 0.25) is 0 Å². The molecule has 1 amide bonds. The highest BCUT2D eigenvalue weighted by Gasteiger charge is 2.35. The summed E-state index contributed by atoms with van der Waals surface area (Å²) < 4.78 is 0. The van der Waals surface area contributed by atoms with Crippen LogP contribution in [0.4, 0.5) is 0 Å². The lowest BCUT2D eigenvalue weighted by atomic mass is 9.98. The summed E-state index contributed by atoms with van der Waals surface area (Å²) in [7, 11) is 0. The number of nitrogens with zero attached hydrogens (tertiary/aromatic N) is 1. The van der Waals surface area contributed by atoms with Crippen molar-refractivity contribution in [2.24, 2.45) is 5.92 Å². The SMILES string of the molecule is O=C(O)C1CN(C(=O)c2ccc3ccccc3c2)C1. The van der Waals surface area contributed by atoms with Gasteiger partial charge in [-0.05, 0) is 22.9 Å². The fourth-order valence-electron chi connectivity index (χ4n) is 2.31. The molecule has 1 fully saturated rings. The summed E-state index contributed by atoms with van der Waals surface area (Å²) in [6.45, 7) is 0.613. The lowest BCUT2D eigenvalue weighted by Gasteiger charge is -2.36. The van der Waals surface area contributed by atoms with E-state index in [1.807, 2.05) is 36.4 Å². The van der Waals surface area contributed by atoms with Crippen LogP contribution in [-0.2, 0) is 4.79 Å². The Morgan fingerprint density at radius 2 is 1.74 bits per heavy atom. The van der Waals surface area contributed by atoms with Crippen LogP contribution in [0.15, 0.2) is 42.5 Å². The zero-order valence-electron chi connectivity index (χ0n) is 10.2. The van der Waals surface area contributed by atoms with Crippen LogP contribution in [0.1, 0.15) is 10.4 Å². The van der Waals surface area contributed by atoms with Crippen molar-refractivity contribution in [3.63, 3.8) is 0 Å². The number of hydrogen-bond donors (Lipinski definition) is 1. The molecule has 2 aromatic carbocycles. The Balaban J connectivity index is 1.81. The van der Waals surface area contributed by atoms with E-state index in [0.29, 0.717) is 18.7 Å². The molecule has 19 heavy (non-hydrogen) atoms. The normalized spacial score (nSPS) is 15.3. The van der Waals surface area contributed by atoms with E-state index in [2.05, 4.69) is 0 Å². The maximum absolute atomic E-state index is 12.2. The predicted molar refractivity (Wildman–Crippen MR) is 71.0 cm³/mol. The average molecular weight is 255 g/mol. The van der Waals surface area contributed by atoms with Gasteiger partial charge in [-0.2, -0.15) is 0 Å². The monoisotopic (exact) mass is 255 g/mol. The van der Waals surface area contributed by atoms with Crippen LogP contribution in [0.2, 0.25) is 0 Å². The van der Waals surface area contributed by atoms with Gasteiger partial charge in [0.1, 0.15) is 0 Å². The molecule has 0 atom stereocenters. The van der Waals surface area contributed by atoms with Crippen molar-refractivity contribution in [1.82, 2.24) is 4.90 Å². The second-order valence-corrected chi connectivity index (χ2v) is 4.81. The van der Waals surface area contributed by atoms with Crippen molar-refractivity contribution in [3.8, 4) is 0 Å². The van der Waals surface area contributed by atoms with Gasteiger partial charge in [-0.15, -0.1) is 0 Å². The highest BCUT2D eigenvalue weighted by Crippen LogP contribution is 2.21. The van der Waals surface area contributed by atoms with E-state index in [1.54, 1.807) is 11.0 Å². The van der Waals surface area contributed by atoms with Crippen LogP contribution in [-0.4, -0.2) is 35.0 Å². The van der Waals surface area contributed by atoms with Gasteiger partial charge < -0.3 is 10.0 Å². The van der Waals surface area contributed by atoms with Gasteiger partial charge in [0.15, 0.2) is 0 Å². The maximum atomic E-state index is 12.2. The molecule has 0 bridgehead atoms. The molecule has 1 N–H and O–H groups in total. The number of carbonyl (C=O) groups excluding carboxylic acids is 1. The first-order chi connectivity index (χ1) is 9.15. The van der Waals surface area contributed by atoms with E-state index in [9.17, 15) is 9.59 Å². The van der Waals surface area contributed by atoms with E-state index < -0.39 is 11.9 Å². The molecule has 4 nitrogen and oxygen atoms in total. The maximum Gasteiger partial charge on any atom is 0.310 e. The molecule has 0 radical (unpaired) electrons. The third-order valence-electron chi connectivity index (χ3n) is 3.51. The molecule has 1 aliphatic heterocycles. The van der Waals surface area contributed by atoms with Crippen LogP contribution < -0.4 is 0 Å². The molecule has 0 spiro atoms. The van der Waals surface area contributed by atoms with Gasteiger partial charge in [0.25, 0.3) is 5.91 Å². The van der Waals surface area contributed by atoms with Crippen LogP contribution in [0.25, 0.3) is 10.8 Å². The topological polar surface area (TPSA) is 57.6 Å². The standard InChI is InChI=1S/C15H13NO3/c17-14(16-8-13(9-16)15(18)19)12-6-5-10-3-1-2-4-11(10)7-12/h1-7,13H,8-9H2,(H,18,19). The number of fused-ring (bicyclic) bond motifs is 1. The lowest BCUT2D eigenvalue weighted by molar-refractivity contribution is -0.146. The minimum atomic E-state index is -0.831. The number of likely N-dealkylation sites (tertiary alicyclic amines) is 1. The molecule has 0 saturated carbocycles. The molecular formula is C15H13NO3. The number of benzene rings is 2. The van der Waals surface area contributed by atoms with Gasteiger partial charge in [-0.25, -0.2) is 0 Å². The van der Waals surface area contributed by atoms with E-state index in [0.717, 1.165) is 10.8 Å². The average Bonchev–Trinajstić information content (AvgIpc) is 2.35.